The highest BCUT2D eigenvalue weighted by Crippen LogP contribution is 2.25. The van der Waals surface area contributed by atoms with Crippen LogP contribution in [0.1, 0.15) is 46.6 Å². The first kappa shape index (κ1) is 24.9. The Morgan fingerprint density at radius 3 is 2.69 bits per heavy atom. The lowest BCUT2D eigenvalue weighted by molar-refractivity contribution is 0.0945. The lowest BCUT2D eigenvalue weighted by atomic mass is 9.85. The molecule has 0 aliphatic heterocycles. The molecule has 5 aromatic rings. The fourth-order valence-electron chi connectivity index (χ4n) is 4.92. The van der Waals surface area contributed by atoms with Gasteiger partial charge in [-0.3, -0.25) is 4.79 Å². The van der Waals surface area contributed by atoms with Crippen LogP contribution in [0.25, 0.3) is 16.4 Å². The minimum atomic E-state index is -0.257. The van der Waals surface area contributed by atoms with Gasteiger partial charge in [0.05, 0.1) is 19.5 Å². The fourth-order valence-corrected chi connectivity index (χ4v) is 4.92. The predicted octanol–water partition coefficient (Wildman–Crippen LogP) is 4.65. The van der Waals surface area contributed by atoms with Gasteiger partial charge in [-0.05, 0) is 72.1 Å². The van der Waals surface area contributed by atoms with Crippen molar-refractivity contribution in [2.75, 3.05) is 19.0 Å². The molecule has 200 valence electrons. The summed E-state index contributed by atoms with van der Waals surface area (Å²) in [7, 11) is 1.65. The number of anilines is 1. The SMILES string of the molecule is COc1ccc(CNc2nc(C(=O)NCc3ccc4cc(CNCC5CCC5)[nH]c4c3)cn3nccc23)cc1. The van der Waals surface area contributed by atoms with E-state index < -0.39 is 0 Å². The first-order chi connectivity index (χ1) is 19.1. The summed E-state index contributed by atoms with van der Waals surface area (Å²) in [6.45, 7) is 2.88. The number of carbonyl (C=O) groups is 1. The zero-order valence-electron chi connectivity index (χ0n) is 22.0. The van der Waals surface area contributed by atoms with E-state index in [4.69, 9.17) is 4.74 Å². The van der Waals surface area contributed by atoms with Gasteiger partial charge in [-0.15, -0.1) is 0 Å². The summed E-state index contributed by atoms with van der Waals surface area (Å²) in [6, 6.07) is 18.1. The maximum Gasteiger partial charge on any atom is 0.271 e. The number of carbonyl (C=O) groups excluding carboxylic acids is 1. The van der Waals surface area contributed by atoms with Crippen molar-refractivity contribution < 1.29 is 9.53 Å². The van der Waals surface area contributed by atoms with Gasteiger partial charge in [0.2, 0.25) is 0 Å². The van der Waals surface area contributed by atoms with E-state index in [9.17, 15) is 4.79 Å². The van der Waals surface area contributed by atoms with Crippen molar-refractivity contribution in [3.05, 3.63) is 89.5 Å². The van der Waals surface area contributed by atoms with Crippen molar-refractivity contribution in [1.82, 2.24) is 30.2 Å². The van der Waals surface area contributed by atoms with Crippen LogP contribution in [0, 0.1) is 5.92 Å². The Kier molecular flexibility index (Phi) is 7.14. The summed E-state index contributed by atoms with van der Waals surface area (Å²) in [6.07, 6.45) is 7.41. The number of benzene rings is 2. The van der Waals surface area contributed by atoms with Gasteiger partial charge < -0.3 is 25.7 Å². The minimum Gasteiger partial charge on any atom is -0.497 e. The Morgan fingerprint density at radius 2 is 1.90 bits per heavy atom. The van der Waals surface area contributed by atoms with Gasteiger partial charge in [-0.1, -0.05) is 30.7 Å². The number of amides is 1. The molecule has 1 amide bonds. The van der Waals surface area contributed by atoms with Crippen LogP contribution >= 0.6 is 0 Å². The molecular formula is C30H33N7O2. The number of rotatable bonds is 11. The van der Waals surface area contributed by atoms with Crippen LogP contribution in [0.5, 0.6) is 5.75 Å². The second-order valence-corrected chi connectivity index (χ2v) is 10.2. The molecule has 39 heavy (non-hydrogen) atoms. The summed E-state index contributed by atoms with van der Waals surface area (Å²) >= 11 is 0. The van der Waals surface area contributed by atoms with Gasteiger partial charge in [0.25, 0.3) is 5.91 Å². The Bertz CT molecular complexity index is 1580. The maximum absolute atomic E-state index is 13.1. The highest BCUT2D eigenvalue weighted by Gasteiger charge is 2.17. The van der Waals surface area contributed by atoms with Gasteiger partial charge in [-0.2, -0.15) is 5.10 Å². The molecule has 3 aromatic heterocycles. The van der Waals surface area contributed by atoms with E-state index in [0.29, 0.717) is 24.6 Å². The van der Waals surface area contributed by atoms with Crippen molar-refractivity contribution >= 4 is 28.1 Å². The quantitative estimate of drug-likeness (QED) is 0.201. The highest BCUT2D eigenvalue weighted by atomic mass is 16.5. The summed E-state index contributed by atoms with van der Waals surface area (Å²) in [5, 5.41) is 15.4. The maximum atomic E-state index is 13.1. The summed E-state index contributed by atoms with van der Waals surface area (Å²) in [4.78, 5) is 21.2. The van der Waals surface area contributed by atoms with Crippen LogP contribution in [0.15, 0.2) is 67.0 Å². The molecule has 9 heteroatoms. The number of nitrogens with one attached hydrogen (secondary N) is 4. The van der Waals surface area contributed by atoms with Crippen LogP contribution in [0.4, 0.5) is 5.82 Å². The van der Waals surface area contributed by atoms with Crippen molar-refractivity contribution in [1.29, 1.82) is 0 Å². The molecule has 0 atom stereocenters. The molecule has 0 unspecified atom stereocenters. The summed E-state index contributed by atoms with van der Waals surface area (Å²) in [5.74, 6) is 1.99. The summed E-state index contributed by atoms with van der Waals surface area (Å²) in [5.41, 5.74) is 5.44. The molecule has 0 spiro atoms. The topological polar surface area (TPSA) is 108 Å². The third-order valence-corrected chi connectivity index (χ3v) is 7.41. The first-order valence-corrected chi connectivity index (χ1v) is 13.5. The second-order valence-electron chi connectivity index (χ2n) is 10.2. The molecule has 0 saturated heterocycles. The Morgan fingerprint density at radius 1 is 1.05 bits per heavy atom. The van der Waals surface area contributed by atoms with Crippen molar-refractivity contribution in [2.45, 2.75) is 38.9 Å². The number of ether oxygens (including phenoxy) is 1. The van der Waals surface area contributed by atoms with Crippen LogP contribution in [-0.2, 0) is 19.6 Å². The van der Waals surface area contributed by atoms with Gasteiger partial charge in [-0.25, -0.2) is 9.50 Å². The van der Waals surface area contributed by atoms with E-state index in [1.165, 1.54) is 30.3 Å². The predicted molar refractivity (Wildman–Crippen MR) is 152 cm³/mol. The third kappa shape index (κ3) is 5.73. The van der Waals surface area contributed by atoms with Gasteiger partial charge in [0, 0.05) is 30.8 Å². The number of nitrogens with zero attached hydrogens (tertiary/aromatic N) is 3. The van der Waals surface area contributed by atoms with E-state index in [-0.39, 0.29) is 5.91 Å². The van der Waals surface area contributed by atoms with Crippen LogP contribution in [0.3, 0.4) is 0 Å². The van der Waals surface area contributed by atoms with E-state index in [1.807, 2.05) is 36.4 Å². The standard InChI is InChI=1S/C30H33N7O2/c1-39-25-9-6-21(7-10-25)16-32-29-28-11-12-34-37(28)19-27(36-29)30(38)33-17-22-5-8-23-14-24(35-26(23)13-22)18-31-15-20-3-2-4-20/h5-14,19-20,31,35H,2-4,15-18H2,1H3,(H,32,36)(H,33,38). The van der Waals surface area contributed by atoms with E-state index in [1.54, 1.807) is 24.0 Å². The number of aromatic amines is 1. The smallest absolute Gasteiger partial charge is 0.271 e. The number of fused-ring (bicyclic) bond motifs is 2. The Labute approximate surface area is 227 Å². The van der Waals surface area contributed by atoms with Crippen molar-refractivity contribution in [3.8, 4) is 5.75 Å². The number of H-pyrrole nitrogens is 1. The average Bonchev–Trinajstić information content (AvgIpc) is 3.58. The largest absolute Gasteiger partial charge is 0.497 e. The molecule has 3 heterocycles. The lowest BCUT2D eigenvalue weighted by Gasteiger charge is -2.25. The average molecular weight is 524 g/mol. The Hall–Kier alpha value is -4.37. The zero-order chi connectivity index (χ0) is 26.6. The van der Waals surface area contributed by atoms with E-state index in [2.05, 4.69) is 49.2 Å². The molecular weight excluding hydrogens is 490 g/mol. The molecule has 0 bridgehead atoms. The molecule has 1 fully saturated rings. The van der Waals surface area contributed by atoms with Crippen molar-refractivity contribution in [2.24, 2.45) is 5.92 Å². The molecule has 1 saturated carbocycles. The van der Waals surface area contributed by atoms with Crippen LogP contribution < -0.4 is 20.7 Å². The number of hydrogen-bond donors (Lipinski definition) is 4. The first-order valence-electron chi connectivity index (χ1n) is 13.5. The van der Waals surface area contributed by atoms with E-state index in [0.717, 1.165) is 46.9 Å². The molecule has 1 aliphatic rings. The minimum absolute atomic E-state index is 0.257. The third-order valence-electron chi connectivity index (χ3n) is 7.41. The zero-order valence-corrected chi connectivity index (χ0v) is 22.0. The van der Waals surface area contributed by atoms with E-state index >= 15 is 0 Å². The van der Waals surface area contributed by atoms with Crippen LogP contribution in [-0.4, -0.2) is 39.1 Å². The molecule has 4 N–H and O–H groups in total. The van der Waals surface area contributed by atoms with Gasteiger partial charge in [0.15, 0.2) is 5.82 Å². The number of hydrogen-bond acceptors (Lipinski definition) is 6. The number of aromatic nitrogens is 4. The molecule has 2 aromatic carbocycles. The molecule has 1 aliphatic carbocycles. The lowest BCUT2D eigenvalue weighted by Crippen LogP contribution is -2.26. The Balaban J connectivity index is 1.10. The molecule has 6 rings (SSSR count). The fraction of sp³-hybridized carbons (Fsp3) is 0.300. The van der Waals surface area contributed by atoms with Crippen LogP contribution in [0.2, 0.25) is 0 Å². The molecule has 0 radical (unpaired) electrons. The summed E-state index contributed by atoms with van der Waals surface area (Å²) < 4.78 is 6.90. The monoisotopic (exact) mass is 523 g/mol. The van der Waals surface area contributed by atoms with Gasteiger partial charge >= 0.3 is 0 Å². The second kappa shape index (κ2) is 11.2. The van der Waals surface area contributed by atoms with Gasteiger partial charge in [0.1, 0.15) is 17.0 Å². The highest BCUT2D eigenvalue weighted by molar-refractivity contribution is 5.93. The normalized spacial score (nSPS) is 13.5. The number of methoxy groups -OCH3 is 1. The molecule has 9 nitrogen and oxygen atoms in total. The van der Waals surface area contributed by atoms with Crippen molar-refractivity contribution in [3.63, 3.8) is 0 Å².